The van der Waals surface area contributed by atoms with E-state index in [-0.39, 0.29) is 18.9 Å². The summed E-state index contributed by atoms with van der Waals surface area (Å²) >= 11 is 0. The molecule has 0 saturated heterocycles. The summed E-state index contributed by atoms with van der Waals surface area (Å²) in [6, 6.07) is 19.7. The number of urea groups is 1. The second-order valence-corrected chi connectivity index (χ2v) is 6.30. The maximum atomic E-state index is 12.3. The van der Waals surface area contributed by atoms with Gasteiger partial charge in [0, 0.05) is 6.54 Å². The Labute approximate surface area is 151 Å². The first-order valence-electron chi connectivity index (χ1n) is 8.61. The molecule has 1 aliphatic heterocycles. The number of fused-ring (bicyclic) bond motifs is 2. The van der Waals surface area contributed by atoms with Crippen molar-refractivity contribution in [2.75, 3.05) is 6.79 Å². The van der Waals surface area contributed by atoms with E-state index in [9.17, 15) is 4.79 Å². The van der Waals surface area contributed by atoms with Crippen LogP contribution >= 0.6 is 0 Å². The van der Waals surface area contributed by atoms with Gasteiger partial charge in [0.1, 0.15) is 0 Å². The number of amides is 2. The maximum Gasteiger partial charge on any atom is 0.315 e. The SMILES string of the molecule is CC(NC(=O)NCc1ccc2c(c1)OCO2)c1cccc2ccccc12. The van der Waals surface area contributed by atoms with Crippen LogP contribution in [0.3, 0.4) is 0 Å². The van der Waals surface area contributed by atoms with Gasteiger partial charge in [-0.15, -0.1) is 0 Å². The molecule has 1 unspecified atom stereocenters. The molecule has 1 atom stereocenters. The predicted molar refractivity (Wildman–Crippen MR) is 100 cm³/mol. The summed E-state index contributed by atoms with van der Waals surface area (Å²) in [5.41, 5.74) is 2.06. The molecule has 1 heterocycles. The largest absolute Gasteiger partial charge is 0.454 e. The first-order chi connectivity index (χ1) is 12.7. The monoisotopic (exact) mass is 348 g/mol. The minimum absolute atomic E-state index is 0.0992. The minimum Gasteiger partial charge on any atom is -0.454 e. The number of rotatable bonds is 4. The van der Waals surface area contributed by atoms with Crippen molar-refractivity contribution in [3.63, 3.8) is 0 Å². The highest BCUT2D eigenvalue weighted by molar-refractivity contribution is 5.86. The number of carbonyl (C=O) groups is 1. The molecule has 0 aliphatic carbocycles. The van der Waals surface area contributed by atoms with Crippen LogP contribution in [0.4, 0.5) is 4.79 Å². The number of carbonyl (C=O) groups excluding carboxylic acids is 1. The number of benzene rings is 3. The first-order valence-corrected chi connectivity index (χ1v) is 8.61. The van der Waals surface area contributed by atoms with Crippen LogP contribution in [-0.2, 0) is 6.54 Å². The number of nitrogens with one attached hydrogen (secondary N) is 2. The van der Waals surface area contributed by atoms with E-state index in [1.165, 1.54) is 5.39 Å². The van der Waals surface area contributed by atoms with Crippen LogP contribution in [0.25, 0.3) is 10.8 Å². The zero-order valence-electron chi connectivity index (χ0n) is 14.5. The van der Waals surface area contributed by atoms with Gasteiger partial charge < -0.3 is 20.1 Å². The molecule has 5 nitrogen and oxygen atoms in total. The Morgan fingerprint density at radius 1 is 1.04 bits per heavy atom. The van der Waals surface area contributed by atoms with E-state index in [1.54, 1.807) is 0 Å². The Hall–Kier alpha value is -3.21. The molecule has 0 aromatic heterocycles. The third kappa shape index (κ3) is 3.28. The van der Waals surface area contributed by atoms with E-state index in [0.717, 1.165) is 22.3 Å². The summed E-state index contributed by atoms with van der Waals surface area (Å²) in [6.45, 7) is 2.65. The Bertz CT molecular complexity index is 950. The molecule has 2 amide bonds. The van der Waals surface area contributed by atoms with Gasteiger partial charge in [0.25, 0.3) is 0 Å². The van der Waals surface area contributed by atoms with Crippen molar-refractivity contribution >= 4 is 16.8 Å². The average molecular weight is 348 g/mol. The van der Waals surface area contributed by atoms with Gasteiger partial charge in [0.2, 0.25) is 6.79 Å². The van der Waals surface area contributed by atoms with E-state index in [2.05, 4.69) is 28.8 Å². The molecule has 0 bridgehead atoms. The van der Waals surface area contributed by atoms with Crippen molar-refractivity contribution in [2.24, 2.45) is 0 Å². The van der Waals surface area contributed by atoms with Crippen LogP contribution in [0.5, 0.6) is 11.5 Å². The molecule has 0 saturated carbocycles. The predicted octanol–water partition coefficient (Wildman–Crippen LogP) is 4.13. The van der Waals surface area contributed by atoms with Crippen LogP contribution in [0.15, 0.2) is 60.7 Å². The van der Waals surface area contributed by atoms with Gasteiger partial charge in [-0.05, 0) is 41.0 Å². The standard InChI is InChI=1S/C21H20N2O3/c1-14(17-8-4-6-16-5-2-3-7-18(16)17)23-21(24)22-12-15-9-10-19-20(11-15)26-13-25-19/h2-11,14H,12-13H2,1H3,(H2,22,23,24). The number of ether oxygens (including phenoxy) is 2. The quantitative estimate of drug-likeness (QED) is 0.745. The summed E-state index contributed by atoms with van der Waals surface area (Å²) in [5.74, 6) is 1.46. The smallest absolute Gasteiger partial charge is 0.315 e. The van der Waals surface area contributed by atoms with Gasteiger partial charge >= 0.3 is 6.03 Å². The van der Waals surface area contributed by atoms with E-state index in [4.69, 9.17) is 9.47 Å². The first kappa shape index (κ1) is 16.3. The van der Waals surface area contributed by atoms with Crippen molar-refractivity contribution in [1.82, 2.24) is 10.6 Å². The van der Waals surface area contributed by atoms with Crippen molar-refractivity contribution in [3.05, 3.63) is 71.8 Å². The highest BCUT2D eigenvalue weighted by Crippen LogP contribution is 2.32. The van der Waals surface area contributed by atoms with Crippen molar-refractivity contribution in [1.29, 1.82) is 0 Å². The number of hydrogen-bond donors (Lipinski definition) is 2. The van der Waals surface area contributed by atoms with E-state index < -0.39 is 0 Å². The molecule has 5 heteroatoms. The highest BCUT2D eigenvalue weighted by Gasteiger charge is 2.14. The lowest BCUT2D eigenvalue weighted by Crippen LogP contribution is -2.36. The van der Waals surface area contributed by atoms with Crippen molar-refractivity contribution in [3.8, 4) is 11.5 Å². The summed E-state index contributed by atoms with van der Waals surface area (Å²) in [6.07, 6.45) is 0. The fourth-order valence-corrected chi connectivity index (χ4v) is 3.19. The minimum atomic E-state index is -0.205. The molecule has 0 radical (unpaired) electrons. The Morgan fingerprint density at radius 3 is 2.77 bits per heavy atom. The zero-order valence-corrected chi connectivity index (χ0v) is 14.5. The number of hydrogen-bond acceptors (Lipinski definition) is 3. The topological polar surface area (TPSA) is 59.6 Å². The van der Waals surface area contributed by atoms with Crippen LogP contribution in [0.2, 0.25) is 0 Å². The normalized spacial score (nSPS) is 13.4. The van der Waals surface area contributed by atoms with Crippen molar-refractivity contribution in [2.45, 2.75) is 19.5 Å². The van der Waals surface area contributed by atoms with Crippen LogP contribution in [-0.4, -0.2) is 12.8 Å². The second kappa shape index (κ2) is 6.96. The van der Waals surface area contributed by atoms with E-state index in [0.29, 0.717) is 12.3 Å². The van der Waals surface area contributed by atoms with Gasteiger partial charge in [-0.3, -0.25) is 0 Å². The lowest BCUT2D eigenvalue weighted by atomic mass is 10.00. The van der Waals surface area contributed by atoms with E-state index >= 15 is 0 Å². The second-order valence-electron chi connectivity index (χ2n) is 6.30. The summed E-state index contributed by atoms with van der Waals surface area (Å²) in [4.78, 5) is 12.3. The molecule has 3 aromatic carbocycles. The van der Waals surface area contributed by atoms with Crippen LogP contribution in [0, 0.1) is 0 Å². The van der Waals surface area contributed by atoms with Gasteiger partial charge in [0.15, 0.2) is 11.5 Å². The summed E-state index contributed by atoms with van der Waals surface area (Å²) in [5, 5.41) is 8.21. The van der Waals surface area contributed by atoms with E-state index in [1.807, 2.05) is 49.4 Å². The Balaban J connectivity index is 1.40. The van der Waals surface area contributed by atoms with Gasteiger partial charge in [0.05, 0.1) is 6.04 Å². The molecule has 0 spiro atoms. The third-order valence-corrected chi connectivity index (χ3v) is 4.53. The molecule has 1 aliphatic rings. The molecular formula is C21H20N2O3. The van der Waals surface area contributed by atoms with Crippen LogP contribution in [0.1, 0.15) is 24.1 Å². The van der Waals surface area contributed by atoms with Crippen molar-refractivity contribution < 1.29 is 14.3 Å². The Kier molecular flexibility index (Phi) is 4.35. The van der Waals surface area contributed by atoms with Gasteiger partial charge in [-0.1, -0.05) is 48.5 Å². The van der Waals surface area contributed by atoms with Gasteiger partial charge in [-0.25, -0.2) is 4.79 Å². The molecule has 4 rings (SSSR count). The third-order valence-electron chi connectivity index (χ3n) is 4.53. The molecule has 3 aromatic rings. The molecule has 26 heavy (non-hydrogen) atoms. The van der Waals surface area contributed by atoms with Crippen LogP contribution < -0.4 is 20.1 Å². The summed E-state index contributed by atoms with van der Waals surface area (Å²) < 4.78 is 10.7. The summed E-state index contributed by atoms with van der Waals surface area (Å²) in [7, 11) is 0. The zero-order chi connectivity index (χ0) is 17.9. The Morgan fingerprint density at radius 2 is 1.85 bits per heavy atom. The lowest BCUT2D eigenvalue weighted by Gasteiger charge is -2.17. The lowest BCUT2D eigenvalue weighted by molar-refractivity contribution is 0.174. The van der Waals surface area contributed by atoms with Gasteiger partial charge in [-0.2, -0.15) is 0 Å². The fraction of sp³-hybridized carbons (Fsp3) is 0.190. The highest BCUT2D eigenvalue weighted by atomic mass is 16.7. The molecular weight excluding hydrogens is 328 g/mol. The fourth-order valence-electron chi connectivity index (χ4n) is 3.19. The molecule has 2 N–H and O–H groups in total. The maximum absolute atomic E-state index is 12.3. The average Bonchev–Trinajstić information content (AvgIpc) is 3.13. The molecule has 0 fully saturated rings. The molecule has 132 valence electrons.